The molecule has 2 aromatic rings. The van der Waals surface area contributed by atoms with E-state index >= 15 is 0 Å². The number of nitrogens with two attached hydrogens (primary N) is 2. The number of carbonyl (C=O) groups excluding carboxylic acids is 1. The fourth-order valence-electron chi connectivity index (χ4n) is 2.49. The van der Waals surface area contributed by atoms with Crippen LogP contribution in [0.4, 0.5) is 5.69 Å². The lowest BCUT2D eigenvalue weighted by atomic mass is 9.85. The van der Waals surface area contributed by atoms with Crippen molar-refractivity contribution in [3.8, 4) is 0 Å². The lowest BCUT2D eigenvalue weighted by Gasteiger charge is -2.32. The Bertz CT molecular complexity index is 612. The van der Waals surface area contributed by atoms with E-state index in [9.17, 15) is 4.79 Å². The molecule has 0 radical (unpaired) electrons. The number of benzene rings is 2. The highest BCUT2D eigenvalue weighted by Crippen LogP contribution is 2.26. The minimum Gasteiger partial charge on any atom is -0.399 e. The van der Waals surface area contributed by atoms with Crippen LogP contribution in [0.15, 0.2) is 54.6 Å². The summed E-state index contributed by atoms with van der Waals surface area (Å²) in [5, 5.41) is 3.02. The van der Waals surface area contributed by atoms with E-state index in [0.29, 0.717) is 12.1 Å². The van der Waals surface area contributed by atoms with Crippen molar-refractivity contribution in [1.29, 1.82) is 0 Å². The predicted molar refractivity (Wildman–Crippen MR) is 85.5 cm³/mol. The van der Waals surface area contributed by atoms with Crippen molar-refractivity contribution in [3.05, 3.63) is 65.7 Å². The van der Waals surface area contributed by atoms with Gasteiger partial charge in [-0.1, -0.05) is 42.5 Å². The number of anilines is 1. The van der Waals surface area contributed by atoms with Gasteiger partial charge in [-0.05, 0) is 36.6 Å². The average Bonchev–Trinajstić information content (AvgIpc) is 2.48. The van der Waals surface area contributed by atoms with Crippen LogP contribution in [0.1, 0.15) is 18.1 Å². The van der Waals surface area contributed by atoms with Crippen molar-refractivity contribution >= 4 is 11.6 Å². The van der Waals surface area contributed by atoms with Crippen LogP contribution in [0.3, 0.4) is 0 Å². The first-order valence-electron chi connectivity index (χ1n) is 6.94. The van der Waals surface area contributed by atoms with Gasteiger partial charge in [0.25, 0.3) is 0 Å². The van der Waals surface area contributed by atoms with E-state index in [4.69, 9.17) is 11.5 Å². The SMILES string of the molecule is CC(Cc1cccc(N)c1)(NC(=O)CN)c1ccccc1. The summed E-state index contributed by atoms with van der Waals surface area (Å²) in [5.41, 5.74) is 13.6. The van der Waals surface area contributed by atoms with Gasteiger partial charge in [-0.3, -0.25) is 4.79 Å². The Morgan fingerprint density at radius 3 is 2.48 bits per heavy atom. The van der Waals surface area contributed by atoms with Crippen LogP contribution in [0.25, 0.3) is 0 Å². The van der Waals surface area contributed by atoms with E-state index in [2.05, 4.69) is 5.32 Å². The van der Waals surface area contributed by atoms with Crippen LogP contribution < -0.4 is 16.8 Å². The topological polar surface area (TPSA) is 81.1 Å². The summed E-state index contributed by atoms with van der Waals surface area (Å²) < 4.78 is 0. The molecule has 4 nitrogen and oxygen atoms in total. The molecular formula is C17H21N3O. The second-order valence-corrected chi connectivity index (χ2v) is 5.37. The molecule has 2 rings (SSSR count). The third-order valence-electron chi connectivity index (χ3n) is 3.52. The Morgan fingerprint density at radius 2 is 1.86 bits per heavy atom. The molecular weight excluding hydrogens is 262 g/mol. The lowest BCUT2D eigenvalue weighted by Crippen LogP contribution is -2.47. The molecule has 5 N–H and O–H groups in total. The zero-order valence-electron chi connectivity index (χ0n) is 12.2. The quantitative estimate of drug-likeness (QED) is 0.732. The van der Waals surface area contributed by atoms with Gasteiger partial charge >= 0.3 is 0 Å². The molecule has 0 spiro atoms. The largest absolute Gasteiger partial charge is 0.399 e. The number of hydrogen-bond acceptors (Lipinski definition) is 3. The molecule has 1 unspecified atom stereocenters. The Kier molecular flexibility index (Phi) is 4.60. The van der Waals surface area contributed by atoms with Crippen LogP contribution in [0.2, 0.25) is 0 Å². The molecule has 0 aliphatic heterocycles. The average molecular weight is 283 g/mol. The maximum atomic E-state index is 11.8. The van der Waals surface area contributed by atoms with Crippen LogP contribution >= 0.6 is 0 Å². The smallest absolute Gasteiger partial charge is 0.234 e. The number of rotatable bonds is 5. The second kappa shape index (κ2) is 6.41. The normalized spacial score (nSPS) is 13.4. The highest BCUT2D eigenvalue weighted by molar-refractivity contribution is 5.78. The summed E-state index contributed by atoms with van der Waals surface area (Å²) in [7, 11) is 0. The lowest BCUT2D eigenvalue weighted by molar-refractivity contribution is -0.121. The van der Waals surface area contributed by atoms with Gasteiger partial charge in [0.05, 0.1) is 12.1 Å². The van der Waals surface area contributed by atoms with Gasteiger partial charge in [-0.25, -0.2) is 0 Å². The van der Waals surface area contributed by atoms with E-state index in [0.717, 1.165) is 11.1 Å². The molecule has 0 aromatic heterocycles. The molecule has 4 heteroatoms. The number of amides is 1. The van der Waals surface area contributed by atoms with Gasteiger partial charge < -0.3 is 16.8 Å². The maximum absolute atomic E-state index is 11.8. The Morgan fingerprint density at radius 1 is 1.14 bits per heavy atom. The van der Waals surface area contributed by atoms with E-state index in [1.54, 1.807) is 0 Å². The fraction of sp³-hybridized carbons (Fsp3) is 0.235. The zero-order valence-corrected chi connectivity index (χ0v) is 12.2. The Hall–Kier alpha value is -2.33. The van der Waals surface area contributed by atoms with Gasteiger partial charge in [0.1, 0.15) is 0 Å². The molecule has 0 fully saturated rings. The third-order valence-corrected chi connectivity index (χ3v) is 3.52. The molecule has 0 bridgehead atoms. The van der Waals surface area contributed by atoms with Crippen LogP contribution in [0.5, 0.6) is 0 Å². The van der Waals surface area contributed by atoms with E-state index in [1.165, 1.54) is 0 Å². The summed E-state index contributed by atoms with van der Waals surface area (Å²) in [5.74, 6) is -0.176. The predicted octanol–water partition coefficient (Wildman–Crippen LogP) is 1.80. The standard InChI is InChI=1S/C17H21N3O/c1-17(20-16(21)12-18,14-7-3-2-4-8-14)11-13-6-5-9-15(19)10-13/h2-10H,11-12,18-19H2,1H3,(H,20,21). The first-order valence-corrected chi connectivity index (χ1v) is 6.94. The van der Waals surface area contributed by atoms with Gasteiger partial charge in [0, 0.05) is 5.69 Å². The number of nitrogen functional groups attached to an aromatic ring is 1. The second-order valence-electron chi connectivity index (χ2n) is 5.37. The highest BCUT2D eigenvalue weighted by Gasteiger charge is 2.28. The summed E-state index contributed by atoms with van der Waals surface area (Å²) >= 11 is 0. The molecule has 0 saturated carbocycles. The molecule has 2 aromatic carbocycles. The summed E-state index contributed by atoms with van der Waals surface area (Å²) in [6.07, 6.45) is 0.647. The molecule has 110 valence electrons. The Balaban J connectivity index is 2.34. The van der Waals surface area contributed by atoms with E-state index in [1.807, 2.05) is 61.5 Å². The molecule has 1 amide bonds. The van der Waals surface area contributed by atoms with E-state index in [-0.39, 0.29) is 12.5 Å². The van der Waals surface area contributed by atoms with Crippen molar-refractivity contribution in [2.75, 3.05) is 12.3 Å². The first kappa shape index (κ1) is 15.1. The molecule has 0 aliphatic rings. The van der Waals surface area contributed by atoms with Gasteiger partial charge in [-0.2, -0.15) is 0 Å². The summed E-state index contributed by atoms with van der Waals surface area (Å²) in [6, 6.07) is 17.6. The van der Waals surface area contributed by atoms with Gasteiger partial charge in [0.2, 0.25) is 5.91 Å². The van der Waals surface area contributed by atoms with E-state index < -0.39 is 5.54 Å². The van der Waals surface area contributed by atoms with Crippen molar-refractivity contribution < 1.29 is 4.79 Å². The molecule has 0 aliphatic carbocycles. The van der Waals surface area contributed by atoms with Crippen LogP contribution in [0, 0.1) is 0 Å². The summed E-state index contributed by atoms with van der Waals surface area (Å²) in [6.45, 7) is 1.97. The summed E-state index contributed by atoms with van der Waals surface area (Å²) in [4.78, 5) is 11.8. The molecule has 0 saturated heterocycles. The number of hydrogen-bond donors (Lipinski definition) is 3. The van der Waals surface area contributed by atoms with Gasteiger partial charge in [0.15, 0.2) is 0 Å². The minimum atomic E-state index is -0.522. The fourth-order valence-corrected chi connectivity index (χ4v) is 2.49. The maximum Gasteiger partial charge on any atom is 0.234 e. The number of carbonyl (C=O) groups is 1. The van der Waals surface area contributed by atoms with Crippen LogP contribution in [-0.2, 0) is 16.8 Å². The van der Waals surface area contributed by atoms with Crippen LogP contribution in [-0.4, -0.2) is 12.5 Å². The monoisotopic (exact) mass is 283 g/mol. The highest BCUT2D eigenvalue weighted by atomic mass is 16.2. The van der Waals surface area contributed by atoms with Crippen molar-refractivity contribution in [3.63, 3.8) is 0 Å². The van der Waals surface area contributed by atoms with Crippen molar-refractivity contribution in [2.45, 2.75) is 18.9 Å². The Labute approximate surface area is 125 Å². The number of nitrogens with one attached hydrogen (secondary N) is 1. The molecule has 21 heavy (non-hydrogen) atoms. The minimum absolute atomic E-state index is 0.0284. The van der Waals surface area contributed by atoms with Gasteiger partial charge in [-0.15, -0.1) is 0 Å². The first-order chi connectivity index (χ1) is 10.0. The zero-order chi connectivity index (χ0) is 15.3. The molecule has 1 atom stereocenters. The molecule has 0 heterocycles. The van der Waals surface area contributed by atoms with Crippen molar-refractivity contribution in [2.24, 2.45) is 5.73 Å². The third kappa shape index (κ3) is 3.83. The van der Waals surface area contributed by atoms with Crippen molar-refractivity contribution in [1.82, 2.24) is 5.32 Å².